The summed E-state index contributed by atoms with van der Waals surface area (Å²) in [6, 6.07) is 17.8. The highest BCUT2D eigenvalue weighted by atomic mass is 32.1. The van der Waals surface area contributed by atoms with Crippen molar-refractivity contribution in [3.8, 4) is 17.0 Å². The number of carbonyl (C=O) groups excluding carboxylic acids is 1. The molecule has 1 atom stereocenters. The van der Waals surface area contributed by atoms with Crippen molar-refractivity contribution in [2.45, 2.75) is 26.3 Å². The minimum atomic E-state index is -0.0741. The molecular formula is C23H23N3O2S. The number of benzene rings is 2. The van der Waals surface area contributed by atoms with Crippen LogP contribution in [0.25, 0.3) is 16.2 Å². The largest absolute Gasteiger partial charge is 0.494 e. The molecule has 148 valence electrons. The van der Waals surface area contributed by atoms with Crippen molar-refractivity contribution in [3.63, 3.8) is 0 Å². The molecule has 0 fully saturated rings. The SMILES string of the molecule is CCOc1ccc([C@H](C)NC(=O)Cc2csc3nc(-c4ccccc4)cn23)cc1. The summed E-state index contributed by atoms with van der Waals surface area (Å²) < 4.78 is 7.48. The molecule has 0 saturated carbocycles. The van der Waals surface area contributed by atoms with Crippen LogP contribution < -0.4 is 10.1 Å². The number of aromatic nitrogens is 2. The highest BCUT2D eigenvalue weighted by Gasteiger charge is 2.15. The van der Waals surface area contributed by atoms with Crippen molar-refractivity contribution in [3.05, 3.63) is 77.4 Å². The molecule has 6 heteroatoms. The summed E-state index contributed by atoms with van der Waals surface area (Å²) >= 11 is 1.55. The number of nitrogens with zero attached hydrogens (tertiary/aromatic N) is 2. The number of hydrogen-bond acceptors (Lipinski definition) is 4. The molecule has 4 aromatic rings. The van der Waals surface area contributed by atoms with Crippen LogP contribution in [0.2, 0.25) is 0 Å². The predicted octanol–water partition coefficient (Wildman–Crippen LogP) is 4.88. The third-order valence-corrected chi connectivity index (χ3v) is 5.65. The van der Waals surface area contributed by atoms with E-state index in [0.717, 1.165) is 33.2 Å². The van der Waals surface area contributed by atoms with Gasteiger partial charge in [-0.05, 0) is 31.5 Å². The van der Waals surface area contributed by atoms with Gasteiger partial charge in [-0.1, -0.05) is 42.5 Å². The number of fused-ring (bicyclic) bond motifs is 1. The monoisotopic (exact) mass is 405 g/mol. The van der Waals surface area contributed by atoms with E-state index in [0.29, 0.717) is 13.0 Å². The molecule has 0 aliphatic heterocycles. The van der Waals surface area contributed by atoms with Crippen LogP contribution in [0.3, 0.4) is 0 Å². The number of imidazole rings is 1. The Labute approximate surface area is 174 Å². The van der Waals surface area contributed by atoms with E-state index in [9.17, 15) is 4.79 Å². The van der Waals surface area contributed by atoms with Gasteiger partial charge in [0.05, 0.1) is 24.8 Å². The van der Waals surface area contributed by atoms with Gasteiger partial charge in [0.2, 0.25) is 5.91 Å². The molecule has 0 saturated heterocycles. The van der Waals surface area contributed by atoms with E-state index in [1.807, 2.05) is 84.4 Å². The number of thiazole rings is 1. The number of amides is 1. The number of carbonyl (C=O) groups is 1. The summed E-state index contributed by atoms with van der Waals surface area (Å²) in [5.41, 5.74) is 3.98. The summed E-state index contributed by atoms with van der Waals surface area (Å²) in [6.07, 6.45) is 2.31. The van der Waals surface area contributed by atoms with E-state index < -0.39 is 0 Å². The molecule has 2 aromatic carbocycles. The smallest absolute Gasteiger partial charge is 0.226 e. The molecule has 0 bridgehead atoms. The van der Waals surface area contributed by atoms with Crippen molar-refractivity contribution in [1.29, 1.82) is 0 Å². The van der Waals surface area contributed by atoms with Gasteiger partial charge in [-0.15, -0.1) is 11.3 Å². The normalized spacial score (nSPS) is 12.1. The van der Waals surface area contributed by atoms with Gasteiger partial charge in [0, 0.05) is 22.8 Å². The quantitative estimate of drug-likeness (QED) is 0.477. The summed E-state index contributed by atoms with van der Waals surface area (Å²) in [5.74, 6) is 0.825. The molecule has 1 amide bonds. The first-order valence-corrected chi connectivity index (χ1v) is 10.5. The molecule has 0 unspecified atom stereocenters. The first-order chi connectivity index (χ1) is 14.1. The van der Waals surface area contributed by atoms with Crippen LogP contribution >= 0.6 is 11.3 Å². The summed E-state index contributed by atoms with van der Waals surface area (Å²) in [6.45, 7) is 4.59. The average molecular weight is 406 g/mol. The zero-order valence-corrected chi connectivity index (χ0v) is 17.3. The van der Waals surface area contributed by atoms with Crippen LogP contribution in [0, 0.1) is 0 Å². The van der Waals surface area contributed by atoms with Crippen molar-refractivity contribution in [2.75, 3.05) is 6.61 Å². The topological polar surface area (TPSA) is 55.6 Å². The van der Waals surface area contributed by atoms with Gasteiger partial charge in [-0.2, -0.15) is 0 Å². The Hall–Kier alpha value is -3.12. The predicted molar refractivity (Wildman–Crippen MR) is 116 cm³/mol. The molecule has 2 heterocycles. The van der Waals surface area contributed by atoms with Crippen LogP contribution in [0.5, 0.6) is 5.75 Å². The minimum Gasteiger partial charge on any atom is -0.494 e. The Balaban J connectivity index is 1.44. The second-order valence-electron chi connectivity index (χ2n) is 6.84. The Kier molecular flexibility index (Phi) is 5.62. The Morgan fingerprint density at radius 2 is 1.93 bits per heavy atom. The Morgan fingerprint density at radius 3 is 2.66 bits per heavy atom. The summed E-state index contributed by atoms with van der Waals surface area (Å²) in [5, 5.41) is 5.08. The lowest BCUT2D eigenvalue weighted by Gasteiger charge is -2.15. The van der Waals surface area contributed by atoms with Gasteiger partial charge in [0.15, 0.2) is 4.96 Å². The second kappa shape index (κ2) is 8.49. The zero-order valence-electron chi connectivity index (χ0n) is 16.5. The van der Waals surface area contributed by atoms with Crippen LogP contribution in [0.1, 0.15) is 31.1 Å². The van der Waals surface area contributed by atoms with Gasteiger partial charge in [0.25, 0.3) is 0 Å². The van der Waals surface area contributed by atoms with Crippen molar-refractivity contribution in [2.24, 2.45) is 0 Å². The van der Waals surface area contributed by atoms with E-state index in [1.54, 1.807) is 11.3 Å². The molecule has 0 aliphatic carbocycles. The number of ether oxygens (including phenoxy) is 1. The Morgan fingerprint density at radius 1 is 1.17 bits per heavy atom. The highest BCUT2D eigenvalue weighted by Crippen LogP contribution is 2.24. The molecule has 0 spiro atoms. The molecule has 0 aliphatic rings. The first-order valence-electron chi connectivity index (χ1n) is 9.67. The third-order valence-electron chi connectivity index (χ3n) is 4.76. The van der Waals surface area contributed by atoms with Crippen molar-refractivity contribution < 1.29 is 9.53 Å². The lowest BCUT2D eigenvalue weighted by Crippen LogP contribution is -2.28. The van der Waals surface area contributed by atoms with Gasteiger partial charge >= 0.3 is 0 Å². The molecule has 4 rings (SSSR count). The third kappa shape index (κ3) is 4.32. The zero-order chi connectivity index (χ0) is 20.2. The van der Waals surface area contributed by atoms with Gasteiger partial charge < -0.3 is 10.1 Å². The number of hydrogen-bond donors (Lipinski definition) is 1. The maximum atomic E-state index is 12.6. The molecule has 2 aromatic heterocycles. The first kappa shape index (κ1) is 19.2. The summed E-state index contributed by atoms with van der Waals surface area (Å²) in [7, 11) is 0. The molecule has 0 radical (unpaired) electrons. The van der Waals surface area contributed by atoms with Crippen molar-refractivity contribution >= 4 is 22.2 Å². The summed E-state index contributed by atoms with van der Waals surface area (Å²) in [4.78, 5) is 18.2. The van der Waals surface area contributed by atoms with E-state index in [-0.39, 0.29) is 11.9 Å². The van der Waals surface area contributed by atoms with Gasteiger partial charge in [-0.3, -0.25) is 9.20 Å². The molecule has 5 nitrogen and oxygen atoms in total. The highest BCUT2D eigenvalue weighted by molar-refractivity contribution is 7.15. The Bertz CT molecular complexity index is 1100. The van der Waals surface area contributed by atoms with Crippen LogP contribution in [0.4, 0.5) is 0 Å². The maximum absolute atomic E-state index is 12.6. The number of rotatable bonds is 7. The fourth-order valence-corrected chi connectivity index (χ4v) is 4.14. The average Bonchev–Trinajstić information content (AvgIpc) is 3.31. The van der Waals surface area contributed by atoms with Crippen LogP contribution in [-0.2, 0) is 11.2 Å². The van der Waals surface area contributed by atoms with Crippen molar-refractivity contribution in [1.82, 2.24) is 14.7 Å². The standard InChI is InChI=1S/C23H23N3O2S/c1-3-28-20-11-9-17(10-12-20)16(2)24-22(27)13-19-15-29-23-25-21(14-26(19)23)18-7-5-4-6-8-18/h4-12,14-16H,3,13H2,1-2H3,(H,24,27)/t16-/m0/s1. The van der Waals surface area contributed by atoms with Crippen LogP contribution in [-0.4, -0.2) is 21.9 Å². The second-order valence-corrected chi connectivity index (χ2v) is 7.68. The molecule has 1 N–H and O–H groups in total. The van der Waals surface area contributed by atoms with E-state index >= 15 is 0 Å². The van der Waals surface area contributed by atoms with E-state index in [2.05, 4.69) is 10.3 Å². The van der Waals surface area contributed by atoms with E-state index in [1.165, 1.54) is 0 Å². The lowest BCUT2D eigenvalue weighted by atomic mass is 10.1. The molecular weight excluding hydrogens is 382 g/mol. The van der Waals surface area contributed by atoms with E-state index in [4.69, 9.17) is 4.74 Å². The fraction of sp³-hybridized carbons (Fsp3) is 0.217. The molecule has 29 heavy (non-hydrogen) atoms. The minimum absolute atomic E-state index is 0.0129. The van der Waals surface area contributed by atoms with Crippen LogP contribution in [0.15, 0.2) is 66.2 Å². The number of nitrogens with one attached hydrogen (secondary N) is 1. The fourth-order valence-electron chi connectivity index (χ4n) is 3.26. The van der Waals surface area contributed by atoms with Gasteiger partial charge in [0.1, 0.15) is 5.75 Å². The maximum Gasteiger partial charge on any atom is 0.226 e. The lowest BCUT2D eigenvalue weighted by molar-refractivity contribution is -0.121. The van der Waals surface area contributed by atoms with Gasteiger partial charge in [-0.25, -0.2) is 4.98 Å².